The molecule has 2 aliphatic rings. The number of nitrogens with zero attached hydrogens (tertiary/aromatic N) is 3. The molecule has 1 amide bonds. The normalized spacial score (nSPS) is 21.7. The Labute approximate surface area is 141 Å². The standard InChI is InChI=1S/C17H34N4O2/c1-3-23-14-4-7-18-16-5-8-21(9-6-16)17(22)15-20-12-10-19(2)11-13-20/h16,18H,3-15H2,1-2H3. The SMILES string of the molecule is CCOCCCNC1CCN(C(=O)CN2CCN(C)CC2)CC1. The van der Waals surface area contributed by atoms with Crippen LogP contribution in [0.25, 0.3) is 0 Å². The van der Waals surface area contributed by atoms with Gasteiger partial charge in [0.15, 0.2) is 0 Å². The first kappa shape index (κ1) is 18.6. The molecule has 0 aromatic rings. The number of rotatable bonds is 8. The fraction of sp³-hybridized carbons (Fsp3) is 0.941. The van der Waals surface area contributed by atoms with E-state index in [2.05, 4.69) is 27.1 Å². The second kappa shape index (κ2) is 10.2. The number of hydrogen-bond donors (Lipinski definition) is 1. The number of likely N-dealkylation sites (tertiary alicyclic amines) is 1. The van der Waals surface area contributed by atoms with E-state index in [-0.39, 0.29) is 0 Å². The van der Waals surface area contributed by atoms with E-state index < -0.39 is 0 Å². The third kappa shape index (κ3) is 6.75. The molecule has 0 radical (unpaired) electrons. The summed E-state index contributed by atoms with van der Waals surface area (Å²) in [7, 11) is 2.14. The Morgan fingerprint density at radius 3 is 2.48 bits per heavy atom. The average molecular weight is 326 g/mol. The van der Waals surface area contributed by atoms with Crippen molar-refractivity contribution in [2.45, 2.75) is 32.2 Å². The van der Waals surface area contributed by atoms with Crippen molar-refractivity contribution in [3.8, 4) is 0 Å². The molecule has 1 N–H and O–H groups in total. The minimum absolute atomic E-state index is 0.310. The van der Waals surface area contributed by atoms with E-state index in [9.17, 15) is 4.79 Å². The van der Waals surface area contributed by atoms with Crippen molar-refractivity contribution in [3.05, 3.63) is 0 Å². The summed E-state index contributed by atoms with van der Waals surface area (Å²) in [5, 5.41) is 3.59. The highest BCUT2D eigenvalue weighted by Gasteiger charge is 2.24. The van der Waals surface area contributed by atoms with E-state index in [0.29, 0.717) is 18.5 Å². The van der Waals surface area contributed by atoms with Gasteiger partial charge in [0, 0.05) is 58.5 Å². The Morgan fingerprint density at radius 1 is 1.13 bits per heavy atom. The van der Waals surface area contributed by atoms with E-state index in [4.69, 9.17) is 4.74 Å². The van der Waals surface area contributed by atoms with Crippen LogP contribution in [0.1, 0.15) is 26.2 Å². The molecule has 0 unspecified atom stereocenters. The lowest BCUT2D eigenvalue weighted by molar-refractivity contribution is -0.133. The maximum atomic E-state index is 12.4. The quantitative estimate of drug-likeness (QED) is 0.648. The van der Waals surface area contributed by atoms with Crippen LogP contribution in [-0.2, 0) is 9.53 Å². The Hall–Kier alpha value is -0.690. The molecule has 2 aliphatic heterocycles. The van der Waals surface area contributed by atoms with Gasteiger partial charge in [-0.1, -0.05) is 0 Å². The highest BCUT2D eigenvalue weighted by Crippen LogP contribution is 2.11. The van der Waals surface area contributed by atoms with Gasteiger partial charge in [-0.2, -0.15) is 0 Å². The van der Waals surface area contributed by atoms with Crippen LogP contribution in [0.5, 0.6) is 0 Å². The summed E-state index contributed by atoms with van der Waals surface area (Å²) in [6, 6.07) is 0.560. The van der Waals surface area contributed by atoms with Crippen molar-refractivity contribution >= 4 is 5.91 Å². The van der Waals surface area contributed by atoms with Gasteiger partial charge < -0.3 is 19.9 Å². The Morgan fingerprint density at radius 2 is 1.83 bits per heavy atom. The molecular weight excluding hydrogens is 292 g/mol. The van der Waals surface area contributed by atoms with E-state index in [1.807, 2.05) is 6.92 Å². The summed E-state index contributed by atoms with van der Waals surface area (Å²) >= 11 is 0. The summed E-state index contributed by atoms with van der Waals surface area (Å²) < 4.78 is 5.35. The molecule has 0 aromatic heterocycles. The van der Waals surface area contributed by atoms with E-state index in [1.54, 1.807) is 0 Å². The first-order valence-electron chi connectivity index (χ1n) is 9.19. The fourth-order valence-electron chi connectivity index (χ4n) is 3.26. The minimum Gasteiger partial charge on any atom is -0.382 e. The molecule has 0 aliphatic carbocycles. The van der Waals surface area contributed by atoms with Crippen molar-refractivity contribution in [3.63, 3.8) is 0 Å². The second-order valence-corrected chi connectivity index (χ2v) is 6.74. The van der Waals surface area contributed by atoms with Crippen LogP contribution in [0, 0.1) is 0 Å². The van der Waals surface area contributed by atoms with Crippen molar-refractivity contribution in [1.29, 1.82) is 0 Å². The zero-order valence-electron chi connectivity index (χ0n) is 14.9. The first-order chi connectivity index (χ1) is 11.2. The number of nitrogens with one attached hydrogen (secondary N) is 1. The van der Waals surface area contributed by atoms with Crippen LogP contribution >= 0.6 is 0 Å². The van der Waals surface area contributed by atoms with Crippen LogP contribution < -0.4 is 5.32 Å². The topological polar surface area (TPSA) is 48.1 Å². The molecule has 0 aromatic carbocycles. The highest BCUT2D eigenvalue weighted by molar-refractivity contribution is 5.78. The zero-order valence-corrected chi connectivity index (χ0v) is 14.9. The molecule has 2 saturated heterocycles. The number of ether oxygens (including phenoxy) is 1. The number of piperazine rings is 1. The van der Waals surface area contributed by atoms with Crippen LogP contribution in [-0.4, -0.2) is 99.3 Å². The lowest BCUT2D eigenvalue weighted by atomic mass is 10.0. The molecule has 0 bridgehead atoms. The number of piperidine rings is 1. The Kier molecular flexibility index (Phi) is 8.30. The molecule has 23 heavy (non-hydrogen) atoms. The lowest BCUT2D eigenvalue weighted by Crippen LogP contribution is -2.51. The van der Waals surface area contributed by atoms with Gasteiger partial charge >= 0.3 is 0 Å². The number of carbonyl (C=O) groups is 1. The monoisotopic (exact) mass is 326 g/mol. The molecule has 0 spiro atoms. The van der Waals surface area contributed by atoms with Crippen molar-refractivity contribution < 1.29 is 9.53 Å². The molecule has 2 rings (SSSR count). The molecule has 134 valence electrons. The van der Waals surface area contributed by atoms with E-state index in [0.717, 1.165) is 78.3 Å². The van der Waals surface area contributed by atoms with Crippen molar-refractivity contribution in [2.75, 3.05) is 72.6 Å². The summed E-state index contributed by atoms with van der Waals surface area (Å²) in [5.41, 5.74) is 0. The number of amides is 1. The smallest absolute Gasteiger partial charge is 0.236 e. The Balaban J connectivity index is 1.57. The fourth-order valence-corrected chi connectivity index (χ4v) is 3.26. The van der Waals surface area contributed by atoms with Crippen LogP contribution in [0.4, 0.5) is 0 Å². The van der Waals surface area contributed by atoms with Gasteiger partial charge in [0.05, 0.1) is 6.54 Å². The molecule has 6 nitrogen and oxygen atoms in total. The van der Waals surface area contributed by atoms with Crippen LogP contribution in [0.15, 0.2) is 0 Å². The zero-order chi connectivity index (χ0) is 16.5. The van der Waals surface area contributed by atoms with Gasteiger partial charge in [-0.25, -0.2) is 0 Å². The van der Waals surface area contributed by atoms with Gasteiger partial charge in [-0.15, -0.1) is 0 Å². The molecular formula is C17H34N4O2. The van der Waals surface area contributed by atoms with E-state index >= 15 is 0 Å². The maximum absolute atomic E-state index is 12.4. The van der Waals surface area contributed by atoms with Crippen molar-refractivity contribution in [2.24, 2.45) is 0 Å². The molecule has 2 heterocycles. The summed E-state index contributed by atoms with van der Waals surface area (Å²) in [6.45, 7) is 11.2. The van der Waals surface area contributed by atoms with Gasteiger partial charge in [0.2, 0.25) is 5.91 Å². The lowest BCUT2D eigenvalue weighted by Gasteiger charge is -2.36. The minimum atomic E-state index is 0.310. The summed E-state index contributed by atoms with van der Waals surface area (Å²) in [6.07, 6.45) is 3.21. The molecule has 6 heteroatoms. The van der Waals surface area contributed by atoms with Gasteiger partial charge in [0.1, 0.15) is 0 Å². The largest absolute Gasteiger partial charge is 0.382 e. The highest BCUT2D eigenvalue weighted by atomic mass is 16.5. The third-order valence-electron chi connectivity index (χ3n) is 4.91. The number of hydrogen-bond acceptors (Lipinski definition) is 5. The van der Waals surface area contributed by atoms with E-state index in [1.165, 1.54) is 0 Å². The second-order valence-electron chi connectivity index (χ2n) is 6.74. The Bertz CT molecular complexity index is 337. The average Bonchev–Trinajstić information content (AvgIpc) is 2.57. The maximum Gasteiger partial charge on any atom is 0.236 e. The van der Waals surface area contributed by atoms with Crippen molar-refractivity contribution in [1.82, 2.24) is 20.0 Å². The third-order valence-corrected chi connectivity index (χ3v) is 4.91. The molecule has 0 atom stereocenters. The summed E-state index contributed by atoms with van der Waals surface area (Å²) in [5.74, 6) is 0.310. The van der Waals surface area contributed by atoms with Gasteiger partial charge in [-0.3, -0.25) is 9.69 Å². The summed E-state index contributed by atoms with van der Waals surface area (Å²) in [4.78, 5) is 19.1. The predicted molar refractivity (Wildman–Crippen MR) is 92.7 cm³/mol. The number of likely N-dealkylation sites (N-methyl/N-ethyl adjacent to an activating group) is 1. The van der Waals surface area contributed by atoms with Gasteiger partial charge in [0.25, 0.3) is 0 Å². The van der Waals surface area contributed by atoms with Crippen LogP contribution in [0.3, 0.4) is 0 Å². The molecule has 2 fully saturated rings. The van der Waals surface area contributed by atoms with Crippen LogP contribution in [0.2, 0.25) is 0 Å². The first-order valence-corrected chi connectivity index (χ1v) is 9.19. The predicted octanol–water partition coefficient (Wildman–Crippen LogP) is 0.241. The van der Waals surface area contributed by atoms with Gasteiger partial charge in [-0.05, 0) is 39.8 Å². The molecule has 0 saturated carbocycles. The number of carbonyl (C=O) groups excluding carboxylic acids is 1.